The number of nitrogens with zero attached hydrogens (tertiary/aromatic N) is 2. The second-order valence-corrected chi connectivity index (χ2v) is 1.43. The monoisotopic (exact) mass is 147 g/mol. The SMILES string of the molecule is CC(N)=NCCC#N.Cl. The second-order valence-electron chi connectivity index (χ2n) is 1.43. The van der Waals surface area contributed by atoms with E-state index in [2.05, 4.69) is 4.99 Å². The van der Waals surface area contributed by atoms with Crippen LogP contribution in [0.2, 0.25) is 0 Å². The summed E-state index contributed by atoms with van der Waals surface area (Å²) in [5.41, 5.74) is 5.17. The lowest BCUT2D eigenvalue weighted by Crippen LogP contribution is -2.05. The van der Waals surface area contributed by atoms with Crippen LogP contribution in [0.15, 0.2) is 4.99 Å². The average molecular weight is 148 g/mol. The van der Waals surface area contributed by atoms with Crippen LogP contribution in [-0.4, -0.2) is 12.4 Å². The van der Waals surface area contributed by atoms with Crippen molar-refractivity contribution in [1.82, 2.24) is 0 Å². The topological polar surface area (TPSA) is 62.2 Å². The predicted octanol–water partition coefficient (Wildman–Crippen LogP) is 0.699. The summed E-state index contributed by atoms with van der Waals surface area (Å²) in [7, 11) is 0. The van der Waals surface area contributed by atoms with Crippen LogP contribution in [0.3, 0.4) is 0 Å². The normalized spacial score (nSPS) is 9.56. The van der Waals surface area contributed by atoms with Gasteiger partial charge >= 0.3 is 0 Å². The van der Waals surface area contributed by atoms with Crippen LogP contribution in [0.5, 0.6) is 0 Å². The Labute approximate surface area is 61.0 Å². The minimum atomic E-state index is 0. The zero-order chi connectivity index (χ0) is 6.41. The summed E-state index contributed by atoms with van der Waals surface area (Å²) < 4.78 is 0. The summed E-state index contributed by atoms with van der Waals surface area (Å²) in [5.74, 6) is 0.542. The van der Waals surface area contributed by atoms with Crippen LogP contribution in [0, 0.1) is 11.3 Å². The Morgan fingerprint density at radius 3 is 2.67 bits per heavy atom. The van der Waals surface area contributed by atoms with Crippen LogP contribution < -0.4 is 5.73 Å². The number of halogens is 1. The van der Waals surface area contributed by atoms with E-state index in [1.54, 1.807) is 6.92 Å². The number of nitrogens with two attached hydrogens (primary N) is 1. The van der Waals surface area contributed by atoms with Gasteiger partial charge in [0.15, 0.2) is 0 Å². The number of amidine groups is 1. The highest BCUT2D eigenvalue weighted by atomic mass is 35.5. The van der Waals surface area contributed by atoms with Crippen molar-refractivity contribution < 1.29 is 0 Å². The molecular weight excluding hydrogens is 138 g/mol. The molecule has 0 aromatic carbocycles. The Hall–Kier alpha value is -0.750. The van der Waals surface area contributed by atoms with E-state index in [-0.39, 0.29) is 12.4 Å². The van der Waals surface area contributed by atoms with Gasteiger partial charge in [0.05, 0.1) is 24.9 Å². The highest BCUT2D eigenvalue weighted by molar-refractivity contribution is 5.85. The average Bonchev–Trinajstić information content (AvgIpc) is 1.66. The fourth-order valence-corrected chi connectivity index (χ4v) is 0.282. The van der Waals surface area contributed by atoms with Crippen molar-refractivity contribution in [3.63, 3.8) is 0 Å². The van der Waals surface area contributed by atoms with Crippen LogP contribution in [0.4, 0.5) is 0 Å². The lowest BCUT2D eigenvalue weighted by molar-refractivity contribution is 1.01. The van der Waals surface area contributed by atoms with E-state index in [1.165, 1.54) is 0 Å². The number of hydrogen-bond acceptors (Lipinski definition) is 2. The van der Waals surface area contributed by atoms with Crippen LogP contribution in [0.25, 0.3) is 0 Å². The molecule has 0 aliphatic carbocycles. The Morgan fingerprint density at radius 2 is 2.33 bits per heavy atom. The maximum Gasteiger partial charge on any atom is 0.0906 e. The molecule has 0 saturated heterocycles. The molecule has 0 aliphatic heterocycles. The van der Waals surface area contributed by atoms with Crippen molar-refractivity contribution in [3.05, 3.63) is 0 Å². The van der Waals surface area contributed by atoms with Crippen LogP contribution in [0.1, 0.15) is 13.3 Å². The highest BCUT2D eigenvalue weighted by Crippen LogP contribution is 1.75. The molecule has 0 rings (SSSR count). The predicted molar refractivity (Wildman–Crippen MR) is 39.6 cm³/mol. The van der Waals surface area contributed by atoms with E-state index < -0.39 is 0 Å². The van der Waals surface area contributed by atoms with Crippen molar-refractivity contribution in [2.75, 3.05) is 6.54 Å². The first-order valence-corrected chi connectivity index (χ1v) is 2.41. The molecule has 3 nitrogen and oxygen atoms in total. The van der Waals surface area contributed by atoms with Gasteiger partial charge < -0.3 is 5.73 Å². The zero-order valence-corrected chi connectivity index (χ0v) is 6.11. The van der Waals surface area contributed by atoms with Gasteiger partial charge in [0.25, 0.3) is 0 Å². The van der Waals surface area contributed by atoms with Gasteiger partial charge in [0, 0.05) is 0 Å². The number of hydrogen-bond donors (Lipinski definition) is 1. The van der Waals surface area contributed by atoms with Gasteiger partial charge in [-0.1, -0.05) is 0 Å². The molecule has 0 aliphatic rings. The van der Waals surface area contributed by atoms with Crippen molar-refractivity contribution >= 4 is 18.2 Å². The summed E-state index contributed by atoms with van der Waals surface area (Å²) in [6, 6.07) is 1.96. The molecule has 52 valence electrons. The van der Waals surface area contributed by atoms with Gasteiger partial charge in [-0.15, -0.1) is 12.4 Å². The maximum absolute atomic E-state index is 8.02. The molecule has 9 heavy (non-hydrogen) atoms. The molecule has 4 heteroatoms. The summed E-state index contributed by atoms with van der Waals surface area (Å²) in [4.78, 5) is 3.79. The lowest BCUT2D eigenvalue weighted by atomic mass is 10.5. The highest BCUT2D eigenvalue weighted by Gasteiger charge is 1.78. The van der Waals surface area contributed by atoms with Gasteiger partial charge in [0.2, 0.25) is 0 Å². The third-order valence-corrected chi connectivity index (χ3v) is 0.585. The zero-order valence-electron chi connectivity index (χ0n) is 5.29. The Balaban J connectivity index is 0. The molecule has 0 atom stereocenters. The van der Waals surface area contributed by atoms with E-state index in [4.69, 9.17) is 11.0 Å². The minimum Gasteiger partial charge on any atom is -0.388 e. The first-order valence-electron chi connectivity index (χ1n) is 2.41. The van der Waals surface area contributed by atoms with Gasteiger partial charge in [0.1, 0.15) is 0 Å². The number of rotatable bonds is 2. The van der Waals surface area contributed by atoms with Crippen LogP contribution >= 0.6 is 12.4 Å². The van der Waals surface area contributed by atoms with Gasteiger partial charge in [-0.2, -0.15) is 5.26 Å². The first-order chi connectivity index (χ1) is 3.77. The fourth-order valence-electron chi connectivity index (χ4n) is 0.282. The molecule has 0 aromatic heterocycles. The van der Waals surface area contributed by atoms with Crippen molar-refractivity contribution in [2.24, 2.45) is 10.7 Å². The standard InChI is InChI=1S/C5H9N3.ClH/c1-5(7)8-4-2-3-6;/h2,4H2,1H3,(H2,7,8);1H. The van der Waals surface area contributed by atoms with Gasteiger partial charge in [-0.25, -0.2) is 0 Å². The molecule has 0 saturated carbocycles. The molecule has 0 spiro atoms. The van der Waals surface area contributed by atoms with E-state index in [0.717, 1.165) is 0 Å². The second kappa shape index (κ2) is 7.25. The Bertz CT molecular complexity index is 121. The first kappa shape index (κ1) is 11.1. The third-order valence-electron chi connectivity index (χ3n) is 0.585. The Morgan fingerprint density at radius 1 is 1.78 bits per heavy atom. The van der Waals surface area contributed by atoms with E-state index in [1.807, 2.05) is 6.07 Å². The minimum absolute atomic E-state index is 0. The number of aliphatic imine (C=N–C) groups is 1. The number of nitriles is 1. The lowest BCUT2D eigenvalue weighted by Gasteiger charge is -1.85. The maximum atomic E-state index is 8.02. The van der Waals surface area contributed by atoms with Gasteiger partial charge in [-0.05, 0) is 6.92 Å². The molecule has 0 bridgehead atoms. The van der Waals surface area contributed by atoms with E-state index in [9.17, 15) is 0 Å². The summed E-state index contributed by atoms with van der Waals surface area (Å²) >= 11 is 0. The Kier molecular flexibility index (Phi) is 8.94. The molecule has 0 fully saturated rings. The molecule has 0 unspecified atom stereocenters. The van der Waals surface area contributed by atoms with Gasteiger partial charge in [-0.3, -0.25) is 4.99 Å². The molecule has 0 radical (unpaired) electrons. The summed E-state index contributed by atoms with van der Waals surface area (Å²) in [6.45, 7) is 2.23. The largest absolute Gasteiger partial charge is 0.388 e. The van der Waals surface area contributed by atoms with Crippen molar-refractivity contribution in [2.45, 2.75) is 13.3 Å². The molecule has 0 amide bonds. The van der Waals surface area contributed by atoms with E-state index in [0.29, 0.717) is 18.8 Å². The molecule has 0 aromatic rings. The molecular formula is C5H10ClN3. The van der Waals surface area contributed by atoms with Crippen molar-refractivity contribution in [3.8, 4) is 6.07 Å². The van der Waals surface area contributed by atoms with E-state index >= 15 is 0 Å². The summed E-state index contributed by atoms with van der Waals surface area (Å²) in [6.07, 6.45) is 0.453. The van der Waals surface area contributed by atoms with Crippen LogP contribution in [-0.2, 0) is 0 Å². The summed E-state index contributed by atoms with van der Waals surface area (Å²) in [5, 5.41) is 8.02. The molecule has 0 heterocycles. The van der Waals surface area contributed by atoms with Crippen molar-refractivity contribution in [1.29, 1.82) is 5.26 Å². The smallest absolute Gasteiger partial charge is 0.0906 e. The third kappa shape index (κ3) is 11.1. The quantitative estimate of drug-likeness (QED) is 0.355. The molecule has 2 N–H and O–H groups in total. The fraction of sp³-hybridized carbons (Fsp3) is 0.600.